The van der Waals surface area contributed by atoms with Crippen LogP contribution in [0.2, 0.25) is 0 Å². The molecular formula is C17H22BBrO4. The zero-order valence-electron chi connectivity index (χ0n) is 14.2. The van der Waals surface area contributed by atoms with E-state index in [4.69, 9.17) is 14.0 Å². The van der Waals surface area contributed by atoms with Crippen LogP contribution in [0.3, 0.4) is 0 Å². The fourth-order valence-corrected chi connectivity index (χ4v) is 2.48. The molecule has 2 rings (SSSR count). The van der Waals surface area contributed by atoms with E-state index in [2.05, 4.69) is 15.9 Å². The molecule has 0 aliphatic carbocycles. The lowest BCUT2D eigenvalue weighted by Crippen LogP contribution is -2.41. The number of rotatable bonds is 4. The van der Waals surface area contributed by atoms with E-state index in [0.717, 1.165) is 10.0 Å². The third-order valence-corrected chi connectivity index (χ3v) is 4.77. The first-order valence-corrected chi connectivity index (χ1v) is 8.45. The van der Waals surface area contributed by atoms with Crippen molar-refractivity contribution in [3.8, 4) is 0 Å². The van der Waals surface area contributed by atoms with Gasteiger partial charge in [0.05, 0.1) is 17.8 Å². The molecule has 0 radical (unpaired) electrons. The summed E-state index contributed by atoms with van der Waals surface area (Å²) in [5, 5.41) is 0. The van der Waals surface area contributed by atoms with Crippen LogP contribution in [0.15, 0.2) is 34.8 Å². The molecule has 1 aromatic carbocycles. The Labute approximate surface area is 146 Å². The Morgan fingerprint density at radius 3 is 2.17 bits per heavy atom. The summed E-state index contributed by atoms with van der Waals surface area (Å²) in [5.74, 6) is -0.403. The molecule has 1 aromatic rings. The van der Waals surface area contributed by atoms with Crippen LogP contribution in [0.4, 0.5) is 0 Å². The van der Waals surface area contributed by atoms with Gasteiger partial charge in [-0.25, -0.2) is 4.79 Å². The summed E-state index contributed by atoms with van der Waals surface area (Å²) in [6, 6.07) is 7.67. The molecule has 0 atom stereocenters. The van der Waals surface area contributed by atoms with E-state index in [0.29, 0.717) is 12.1 Å². The van der Waals surface area contributed by atoms with Crippen molar-refractivity contribution in [2.75, 3.05) is 6.61 Å². The first-order valence-electron chi connectivity index (χ1n) is 7.66. The number of ether oxygens (including phenoxy) is 1. The minimum atomic E-state index is -0.620. The summed E-state index contributed by atoms with van der Waals surface area (Å²) in [5.41, 5.74) is 0.580. The van der Waals surface area contributed by atoms with Crippen LogP contribution < -0.4 is 0 Å². The van der Waals surface area contributed by atoms with Crippen molar-refractivity contribution >= 4 is 34.5 Å². The molecule has 0 unspecified atom stereocenters. The Balaban J connectivity index is 2.39. The minimum Gasteiger partial charge on any atom is -0.463 e. The van der Waals surface area contributed by atoms with E-state index in [-0.39, 0.29) is 0 Å². The van der Waals surface area contributed by atoms with Gasteiger partial charge in [0.2, 0.25) is 0 Å². The van der Waals surface area contributed by atoms with Gasteiger partial charge in [0.1, 0.15) is 0 Å². The molecular weight excluding hydrogens is 359 g/mol. The molecule has 124 valence electrons. The van der Waals surface area contributed by atoms with Gasteiger partial charge in [0.25, 0.3) is 0 Å². The molecule has 0 N–H and O–H groups in total. The number of benzene rings is 1. The molecule has 0 aromatic heterocycles. The lowest BCUT2D eigenvalue weighted by molar-refractivity contribution is -0.137. The van der Waals surface area contributed by atoms with Gasteiger partial charge < -0.3 is 14.0 Å². The Morgan fingerprint density at radius 1 is 1.17 bits per heavy atom. The van der Waals surface area contributed by atoms with Gasteiger partial charge in [-0.1, -0.05) is 28.1 Å². The largest absolute Gasteiger partial charge is 0.495 e. The molecule has 0 amide bonds. The van der Waals surface area contributed by atoms with Crippen molar-refractivity contribution < 1.29 is 18.8 Å². The fraction of sp³-hybridized carbons (Fsp3) is 0.471. The van der Waals surface area contributed by atoms with Crippen LogP contribution in [0, 0.1) is 0 Å². The van der Waals surface area contributed by atoms with E-state index < -0.39 is 24.3 Å². The van der Waals surface area contributed by atoms with Crippen molar-refractivity contribution in [2.24, 2.45) is 0 Å². The van der Waals surface area contributed by atoms with Crippen molar-refractivity contribution in [3.63, 3.8) is 0 Å². The van der Waals surface area contributed by atoms with E-state index in [1.54, 1.807) is 6.92 Å². The monoisotopic (exact) mass is 380 g/mol. The highest BCUT2D eigenvalue weighted by Gasteiger charge is 2.52. The summed E-state index contributed by atoms with van der Waals surface area (Å²) in [6.45, 7) is 10.0. The van der Waals surface area contributed by atoms with Crippen LogP contribution in [0.1, 0.15) is 40.2 Å². The van der Waals surface area contributed by atoms with Gasteiger partial charge in [-0.15, -0.1) is 0 Å². The van der Waals surface area contributed by atoms with Crippen LogP contribution >= 0.6 is 15.9 Å². The second kappa shape index (κ2) is 6.79. The van der Waals surface area contributed by atoms with Crippen LogP contribution in [0.5, 0.6) is 0 Å². The Hall–Kier alpha value is -1.11. The lowest BCUT2D eigenvalue weighted by atomic mass is 9.74. The second-order valence-electron chi connectivity index (χ2n) is 6.45. The highest BCUT2D eigenvalue weighted by atomic mass is 79.9. The van der Waals surface area contributed by atoms with Gasteiger partial charge in [-0.2, -0.15) is 0 Å². The quantitative estimate of drug-likeness (QED) is 0.449. The summed E-state index contributed by atoms with van der Waals surface area (Å²) < 4.78 is 18.2. The molecule has 23 heavy (non-hydrogen) atoms. The number of carbonyl (C=O) groups excluding carboxylic acids is 1. The number of hydrogen-bond acceptors (Lipinski definition) is 4. The highest BCUT2D eigenvalue weighted by Crippen LogP contribution is 2.40. The maximum absolute atomic E-state index is 12.0. The summed E-state index contributed by atoms with van der Waals surface area (Å²) in [6.07, 6.45) is 1.45. The molecule has 6 heteroatoms. The first kappa shape index (κ1) is 18.2. The average molecular weight is 381 g/mol. The van der Waals surface area contributed by atoms with Gasteiger partial charge in [0, 0.05) is 10.5 Å². The van der Waals surface area contributed by atoms with Crippen LogP contribution in [0.25, 0.3) is 5.47 Å². The maximum Gasteiger partial charge on any atom is 0.495 e. The van der Waals surface area contributed by atoms with Crippen LogP contribution in [-0.4, -0.2) is 30.9 Å². The van der Waals surface area contributed by atoms with Gasteiger partial charge >= 0.3 is 13.1 Å². The van der Waals surface area contributed by atoms with E-state index in [1.165, 1.54) is 6.08 Å². The Kier molecular flexibility index (Phi) is 5.39. The van der Waals surface area contributed by atoms with E-state index in [9.17, 15) is 4.79 Å². The average Bonchev–Trinajstić information content (AvgIpc) is 2.66. The fourth-order valence-electron chi connectivity index (χ4n) is 2.21. The SMILES string of the molecule is CCOC(=O)/C=C(\B1OC(C)(C)C(C)(C)O1)c1ccc(Br)cc1. The zero-order valence-corrected chi connectivity index (χ0v) is 15.8. The Morgan fingerprint density at radius 2 is 1.70 bits per heavy atom. The molecule has 1 saturated heterocycles. The third-order valence-electron chi connectivity index (χ3n) is 4.24. The molecule has 0 spiro atoms. The second-order valence-corrected chi connectivity index (χ2v) is 7.36. The highest BCUT2D eigenvalue weighted by molar-refractivity contribution is 9.10. The van der Waals surface area contributed by atoms with Crippen molar-refractivity contribution in [2.45, 2.75) is 45.8 Å². The lowest BCUT2D eigenvalue weighted by Gasteiger charge is -2.32. The standard InChI is InChI=1S/C17H22BBrO4/c1-6-21-15(20)11-14(12-7-9-13(19)10-8-12)18-22-16(2,3)17(4,5)23-18/h7-11H,6H2,1-5H3/b14-11-. The van der Waals surface area contributed by atoms with Crippen molar-refractivity contribution in [1.29, 1.82) is 0 Å². The van der Waals surface area contributed by atoms with Crippen molar-refractivity contribution in [1.82, 2.24) is 0 Å². The molecule has 0 saturated carbocycles. The van der Waals surface area contributed by atoms with Crippen molar-refractivity contribution in [3.05, 3.63) is 40.4 Å². The Bertz CT molecular complexity index is 592. The summed E-state index contributed by atoms with van der Waals surface area (Å²) >= 11 is 3.42. The first-order chi connectivity index (χ1) is 10.7. The van der Waals surface area contributed by atoms with E-state index >= 15 is 0 Å². The van der Waals surface area contributed by atoms with E-state index in [1.807, 2.05) is 52.0 Å². The van der Waals surface area contributed by atoms with Gasteiger partial charge in [0.15, 0.2) is 0 Å². The molecule has 0 bridgehead atoms. The molecule has 1 fully saturated rings. The maximum atomic E-state index is 12.0. The number of hydrogen-bond donors (Lipinski definition) is 0. The van der Waals surface area contributed by atoms with Crippen LogP contribution in [-0.2, 0) is 18.8 Å². The number of halogens is 1. The minimum absolute atomic E-state index is 0.326. The molecule has 4 nitrogen and oxygen atoms in total. The predicted molar refractivity (Wildman–Crippen MR) is 94.8 cm³/mol. The topological polar surface area (TPSA) is 44.8 Å². The molecule has 1 aliphatic rings. The number of carbonyl (C=O) groups is 1. The molecule has 1 heterocycles. The normalized spacial score (nSPS) is 19.7. The third kappa shape index (κ3) is 4.05. The smallest absolute Gasteiger partial charge is 0.463 e. The summed E-state index contributed by atoms with van der Waals surface area (Å²) in [7, 11) is -0.620. The predicted octanol–water partition coefficient (Wildman–Crippen LogP) is 4.03. The summed E-state index contributed by atoms with van der Waals surface area (Å²) in [4.78, 5) is 12.0. The number of esters is 1. The van der Waals surface area contributed by atoms with Gasteiger partial charge in [-0.05, 0) is 57.8 Å². The van der Waals surface area contributed by atoms with Gasteiger partial charge in [-0.3, -0.25) is 0 Å². The molecule has 1 aliphatic heterocycles. The zero-order chi connectivity index (χ0) is 17.3.